The van der Waals surface area contributed by atoms with E-state index in [1.807, 2.05) is 26.0 Å². The number of hydrogen-bond acceptors (Lipinski definition) is 3. The quantitative estimate of drug-likeness (QED) is 0.872. The van der Waals surface area contributed by atoms with Crippen LogP contribution in [0.15, 0.2) is 27.2 Å². The van der Waals surface area contributed by atoms with Gasteiger partial charge in [-0.25, -0.2) is 4.98 Å². The van der Waals surface area contributed by atoms with Crippen molar-refractivity contribution in [1.29, 1.82) is 0 Å². The molecule has 2 rings (SSSR count). The van der Waals surface area contributed by atoms with Gasteiger partial charge in [0.1, 0.15) is 17.3 Å². The molecule has 0 amide bonds. The van der Waals surface area contributed by atoms with E-state index < -0.39 is 0 Å². The molecule has 0 aliphatic heterocycles. The van der Waals surface area contributed by atoms with Crippen LogP contribution < -0.4 is 5.32 Å². The summed E-state index contributed by atoms with van der Waals surface area (Å²) in [6, 6.07) is 3.94. The summed E-state index contributed by atoms with van der Waals surface area (Å²) in [5, 5.41) is 3.88. The van der Waals surface area contributed by atoms with Gasteiger partial charge in [0, 0.05) is 16.2 Å². The minimum absolute atomic E-state index is 0.0913. The monoisotopic (exact) mass is 328 g/mol. The maximum absolute atomic E-state index is 6.13. The lowest BCUT2D eigenvalue weighted by Gasteiger charge is -2.14. The molecule has 3 nitrogen and oxygen atoms in total. The van der Waals surface area contributed by atoms with Crippen LogP contribution in [0.5, 0.6) is 0 Å². The summed E-state index contributed by atoms with van der Waals surface area (Å²) >= 11 is 9.46. The first-order valence-corrected chi connectivity index (χ1v) is 6.79. The van der Waals surface area contributed by atoms with Crippen molar-refractivity contribution in [2.45, 2.75) is 26.8 Å². The molecule has 0 radical (unpaired) electrons. The Kier molecular flexibility index (Phi) is 3.97. The molecule has 18 heavy (non-hydrogen) atoms. The molecule has 0 saturated carbocycles. The van der Waals surface area contributed by atoms with E-state index in [1.165, 1.54) is 0 Å². The number of rotatable bonds is 3. The van der Waals surface area contributed by atoms with Crippen LogP contribution in [0, 0.1) is 13.8 Å². The molecule has 0 fully saturated rings. The molecule has 1 atom stereocenters. The standard InChI is InChI=1S/C13H14BrClN2O/c1-7-4-11(9(3)18-7)8(2)17-13-12(15)5-10(14)6-16-13/h4-6,8H,1-3H3,(H,16,17). The van der Waals surface area contributed by atoms with Crippen molar-refractivity contribution in [2.75, 3.05) is 5.32 Å². The van der Waals surface area contributed by atoms with E-state index in [1.54, 1.807) is 6.20 Å². The summed E-state index contributed by atoms with van der Waals surface area (Å²) in [5.74, 6) is 2.50. The predicted molar refractivity (Wildman–Crippen MR) is 77.2 cm³/mol. The second kappa shape index (κ2) is 5.33. The summed E-state index contributed by atoms with van der Waals surface area (Å²) in [4.78, 5) is 4.26. The van der Waals surface area contributed by atoms with Gasteiger partial charge in [-0.05, 0) is 48.8 Å². The molecule has 2 heterocycles. The highest BCUT2D eigenvalue weighted by atomic mass is 79.9. The predicted octanol–water partition coefficient (Wildman–Crippen LogP) is 4.88. The molecule has 0 aliphatic rings. The first-order chi connectivity index (χ1) is 8.47. The average molecular weight is 330 g/mol. The molecule has 0 aromatic carbocycles. The molecule has 0 saturated heterocycles. The van der Waals surface area contributed by atoms with Gasteiger partial charge >= 0.3 is 0 Å². The van der Waals surface area contributed by atoms with Crippen molar-refractivity contribution >= 4 is 33.3 Å². The zero-order valence-corrected chi connectivity index (χ0v) is 12.8. The van der Waals surface area contributed by atoms with Crippen LogP contribution in [0.25, 0.3) is 0 Å². The van der Waals surface area contributed by atoms with Gasteiger partial charge in [-0.2, -0.15) is 0 Å². The zero-order chi connectivity index (χ0) is 13.3. The van der Waals surface area contributed by atoms with E-state index in [4.69, 9.17) is 16.0 Å². The molecule has 5 heteroatoms. The number of pyridine rings is 1. The molecule has 0 bridgehead atoms. The molecular formula is C13H14BrClN2O. The summed E-state index contributed by atoms with van der Waals surface area (Å²) in [7, 11) is 0. The Balaban J connectivity index is 2.21. The van der Waals surface area contributed by atoms with Crippen molar-refractivity contribution in [3.8, 4) is 0 Å². The number of anilines is 1. The largest absolute Gasteiger partial charge is 0.466 e. The molecule has 0 aliphatic carbocycles. The lowest BCUT2D eigenvalue weighted by atomic mass is 10.1. The molecule has 2 aromatic heterocycles. The van der Waals surface area contributed by atoms with Gasteiger partial charge in [0.15, 0.2) is 0 Å². The highest BCUT2D eigenvalue weighted by molar-refractivity contribution is 9.10. The van der Waals surface area contributed by atoms with E-state index in [2.05, 4.69) is 33.2 Å². The van der Waals surface area contributed by atoms with E-state index >= 15 is 0 Å². The number of nitrogens with one attached hydrogen (secondary N) is 1. The highest BCUT2D eigenvalue weighted by Gasteiger charge is 2.14. The summed E-state index contributed by atoms with van der Waals surface area (Å²) in [6.45, 7) is 5.95. The van der Waals surface area contributed by atoms with Gasteiger partial charge in [0.25, 0.3) is 0 Å². The zero-order valence-electron chi connectivity index (χ0n) is 10.4. The Hall–Kier alpha value is -1.00. The number of halogens is 2. The Morgan fingerprint density at radius 3 is 2.67 bits per heavy atom. The van der Waals surface area contributed by atoms with Gasteiger partial charge in [-0.1, -0.05) is 11.6 Å². The van der Waals surface area contributed by atoms with E-state index in [0.29, 0.717) is 10.8 Å². The SMILES string of the molecule is Cc1cc(C(C)Nc2ncc(Br)cc2Cl)c(C)o1. The number of nitrogens with zero attached hydrogens (tertiary/aromatic N) is 1. The van der Waals surface area contributed by atoms with Crippen LogP contribution in [0.3, 0.4) is 0 Å². The Morgan fingerprint density at radius 2 is 2.11 bits per heavy atom. The average Bonchev–Trinajstić information content (AvgIpc) is 2.62. The minimum Gasteiger partial charge on any atom is -0.466 e. The van der Waals surface area contributed by atoms with Gasteiger partial charge in [-0.3, -0.25) is 0 Å². The Morgan fingerprint density at radius 1 is 1.39 bits per heavy atom. The summed E-state index contributed by atoms with van der Waals surface area (Å²) in [6.07, 6.45) is 1.72. The first kappa shape index (κ1) is 13.4. The van der Waals surface area contributed by atoms with Crippen molar-refractivity contribution in [2.24, 2.45) is 0 Å². The molecular weight excluding hydrogens is 316 g/mol. The van der Waals surface area contributed by atoms with Gasteiger partial charge in [-0.15, -0.1) is 0 Å². The third kappa shape index (κ3) is 2.87. The van der Waals surface area contributed by atoms with Crippen LogP contribution in [-0.2, 0) is 0 Å². The molecule has 1 unspecified atom stereocenters. The fourth-order valence-electron chi connectivity index (χ4n) is 1.88. The van der Waals surface area contributed by atoms with Gasteiger partial charge in [0.2, 0.25) is 0 Å². The second-order valence-corrected chi connectivity index (χ2v) is 5.54. The third-order valence-corrected chi connectivity index (χ3v) is 3.43. The fraction of sp³-hybridized carbons (Fsp3) is 0.308. The lowest BCUT2D eigenvalue weighted by Crippen LogP contribution is -2.08. The summed E-state index contributed by atoms with van der Waals surface area (Å²) < 4.78 is 6.38. The van der Waals surface area contributed by atoms with E-state index in [0.717, 1.165) is 21.6 Å². The third-order valence-electron chi connectivity index (χ3n) is 2.71. The normalized spacial score (nSPS) is 12.5. The van der Waals surface area contributed by atoms with E-state index in [-0.39, 0.29) is 6.04 Å². The van der Waals surface area contributed by atoms with Gasteiger partial charge in [0.05, 0.1) is 11.1 Å². The summed E-state index contributed by atoms with van der Waals surface area (Å²) in [5.41, 5.74) is 1.12. The maximum Gasteiger partial charge on any atom is 0.145 e. The number of furan rings is 1. The van der Waals surface area contributed by atoms with Crippen molar-refractivity contribution in [3.05, 3.63) is 44.9 Å². The van der Waals surface area contributed by atoms with Crippen molar-refractivity contribution in [1.82, 2.24) is 4.98 Å². The highest BCUT2D eigenvalue weighted by Crippen LogP contribution is 2.28. The smallest absolute Gasteiger partial charge is 0.145 e. The van der Waals surface area contributed by atoms with Crippen molar-refractivity contribution in [3.63, 3.8) is 0 Å². The maximum atomic E-state index is 6.13. The van der Waals surface area contributed by atoms with Crippen molar-refractivity contribution < 1.29 is 4.42 Å². The molecule has 1 N–H and O–H groups in total. The topological polar surface area (TPSA) is 38.1 Å². The Bertz CT molecular complexity index is 568. The first-order valence-electron chi connectivity index (χ1n) is 5.62. The lowest BCUT2D eigenvalue weighted by molar-refractivity contribution is 0.500. The second-order valence-electron chi connectivity index (χ2n) is 4.22. The molecule has 0 spiro atoms. The fourth-order valence-corrected chi connectivity index (χ4v) is 2.57. The molecule has 96 valence electrons. The van der Waals surface area contributed by atoms with Crippen LogP contribution in [0.1, 0.15) is 30.0 Å². The number of aromatic nitrogens is 1. The number of aryl methyl sites for hydroxylation is 2. The number of hydrogen-bond donors (Lipinski definition) is 1. The van der Waals surface area contributed by atoms with E-state index in [9.17, 15) is 0 Å². The van der Waals surface area contributed by atoms with Crippen LogP contribution in [0.4, 0.5) is 5.82 Å². The Labute approximate surface area is 120 Å². The van der Waals surface area contributed by atoms with Crippen LogP contribution in [-0.4, -0.2) is 4.98 Å². The van der Waals surface area contributed by atoms with Crippen LogP contribution in [0.2, 0.25) is 5.02 Å². The molecule has 2 aromatic rings. The van der Waals surface area contributed by atoms with Gasteiger partial charge < -0.3 is 9.73 Å². The van der Waals surface area contributed by atoms with Crippen LogP contribution >= 0.6 is 27.5 Å². The minimum atomic E-state index is 0.0913.